The fourth-order valence-electron chi connectivity index (χ4n) is 3.34. The van der Waals surface area contributed by atoms with Crippen LogP contribution in [0.2, 0.25) is 0 Å². The Hall–Kier alpha value is -1.44. The van der Waals surface area contributed by atoms with Crippen LogP contribution in [0.4, 0.5) is 11.4 Å². The fraction of sp³-hybridized carbons (Fsp3) is 0.619. The standard InChI is InChI=1S/C21H33N5S2/c1-21(2,3)19-23-16-13-17(26-10-7-6-8-11-26)15(14-18(16)28-19)24-20(27)22-9-12-25(4)5/h13-14H,6-12H2,1-5H3,(H2,22,24,27). The lowest BCUT2D eigenvalue weighted by molar-refractivity contribution is 0.413. The normalized spacial score (nSPS) is 15.3. The molecule has 0 radical (unpaired) electrons. The number of piperidine rings is 1. The molecule has 0 aliphatic carbocycles. The van der Waals surface area contributed by atoms with Crippen LogP contribution in [0.3, 0.4) is 0 Å². The maximum atomic E-state index is 5.56. The zero-order valence-electron chi connectivity index (χ0n) is 17.8. The number of hydrogen-bond acceptors (Lipinski definition) is 5. The van der Waals surface area contributed by atoms with Gasteiger partial charge in [0.25, 0.3) is 0 Å². The summed E-state index contributed by atoms with van der Waals surface area (Å²) in [5.41, 5.74) is 3.45. The number of benzene rings is 1. The molecule has 1 aliphatic rings. The molecule has 2 heterocycles. The van der Waals surface area contributed by atoms with E-state index in [1.807, 2.05) is 0 Å². The van der Waals surface area contributed by atoms with E-state index in [0.717, 1.165) is 37.4 Å². The molecule has 0 unspecified atom stereocenters. The van der Waals surface area contributed by atoms with Crippen molar-refractivity contribution in [3.63, 3.8) is 0 Å². The molecule has 154 valence electrons. The number of nitrogens with zero attached hydrogens (tertiary/aromatic N) is 3. The Morgan fingerprint density at radius 1 is 1.21 bits per heavy atom. The molecule has 1 fully saturated rings. The number of nitrogens with one attached hydrogen (secondary N) is 2. The number of thiocarbonyl (C=S) groups is 1. The first kappa shape index (κ1) is 21.3. The molecule has 1 aliphatic heterocycles. The van der Waals surface area contributed by atoms with Gasteiger partial charge in [0.2, 0.25) is 0 Å². The lowest BCUT2D eigenvalue weighted by Crippen LogP contribution is -2.35. The summed E-state index contributed by atoms with van der Waals surface area (Å²) in [6.07, 6.45) is 3.80. The van der Waals surface area contributed by atoms with Crippen molar-refractivity contribution in [1.82, 2.24) is 15.2 Å². The van der Waals surface area contributed by atoms with Crippen LogP contribution in [0.25, 0.3) is 10.2 Å². The summed E-state index contributed by atoms with van der Waals surface area (Å²) in [7, 11) is 4.13. The van der Waals surface area contributed by atoms with Crippen LogP contribution >= 0.6 is 23.6 Å². The van der Waals surface area contributed by atoms with Crippen molar-refractivity contribution < 1.29 is 0 Å². The summed E-state index contributed by atoms with van der Waals surface area (Å²) in [5, 5.41) is 8.64. The van der Waals surface area contributed by atoms with E-state index in [-0.39, 0.29) is 5.41 Å². The predicted molar refractivity (Wildman–Crippen MR) is 127 cm³/mol. The largest absolute Gasteiger partial charge is 0.370 e. The van der Waals surface area contributed by atoms with Gasteiger partial charge >= 0.3 is 0 Å². The first-order valence-corrected chi connectivity index (χ1v) is 11.4. The van der Waals surface area contributed by atoms with Crippen molar-refractivity contribution >= 4 is 50.3 Å². The summed E-state index contributed by atoms with van der Waals surface area (Å²) in [4.78, 5) is 9.56. The van der Waals surface area contributed by atoms with Gasteiger partial charge in [0.1, 0.15) is 0 Å². The van der Waals surface area contributed by atoms with Crippen LogP contribution in [0, 0.1) is 0 Å². The van der Waals surface area contributed by atoms with Gasteiger partial charge in [-0.05, 0) is 57.7 Å². The highest BCUT2D eigenvalue weighted by molar-refractivity contribution is 7.80. The van der Waals surface area contributed by atoms with Gasteiger partial charge in [0.15, 0.2) is 5.11 Å². The fourth-order valence-corrected chi connectivity index (χ4v) is 4.60. The molecule has 0 saturated carbocycles. The molecule has 3 rings (SSSR count). The Kier molecular flexibility index (Phi) is 6.78. The van der Waals surface area contributed by atoms with Crippen LogP contribution < -0.4 is 15.5 Å². The molecule has 1 aromatic heterocycles. The molecule has 0 bridgehead atoms. The van der Waals surface area contributed by atoms with E-state index >= 15 is 0 Å². The third kappa shape index (κ3) is 5.33. The van der Waals surface area contributed by atoms with Crippen LogP contribution in [-0.2, 0) is 5.41 Å². The van der Waals surface area contributed by atoms with Gasteiger partial charge < -0.3 is 20.4 Å². The molecule has 1 saturated heterocycles. The van der Waals surface area contributed by atoms with E-state index in [0.29, 0.717) is 5.11 Å². The molecule has 0 spiro atoms. The van der Waals surface area contributed by atoms with E-state index in [4.69, 9.17) is 17.2 Å². The Balaban J connectivity index is 1.89. The quantitative estimate of drug-likeness (QED) is 0.699. The average molecular weight is 420 g/mol. The van der Waals surface area contributed by atoms with Crippen LogP contribution in [0.15, 0.2) is 12.1 Å². The molecule has 28 heavy (non-hydrogen) atoms. The highest BCUT2D eigenvalue weighted by atomic mass is 32.1. The van der Waals surface area contributed by atoms with Crippen molar-refractivity contribution in [2.24, 2.45) is 0 Å². The van der Waals surface area contributed by atoms with Gasteiger partial charge in [-0.15, -0.1) is 11.3 Å². The third-order valence-electron chi connectivity index (χ3n) is 4.94. The topological polar surface area (TPSA) is 43.4 Å². The summed E-state index contributed by atoms with van der Waals surface area (Å²) < 4.78 is 1.21. The first-order chi connectivity index (χ1) is 13.2. The van der Waals surface area contributed by atoms with E-state index in [1.165, 1.54) is 34.7 Å². The van der Waals surface area contributed by atoms with Crippen molar-refractivity contribution in [2.45, 2.75) is 45.4 Å². The second-order valence-electron chi connectivity index (χ2n) is 8.84. The second-order valence-corrected chi connectivity index (χ2v) is 10.3. The van der Waals surface area contributed by atoms with Gasteiger partial charge in [-0.2, -0.15) is 0 Å². The second kappa shape index (κ2) is 8.93. The maximum Gasteiger partial charge on any atom is 0.170 e. The van der Waals surface area contributed by atoms with Crippen LogP contribution in [0.1, 0.15) is 45.0 Å². The van der Waals surface area contributed by atoms with Crippen molar-refractivity contribution in [2.75, 3.05) is 50.5 Å². The number of aromatic nitrogens is 1. The molecule has 2 aromatic rings. The van der Waals surface area contributed by atoms with Gasteiger partial charge in [-0.25, -0.2) is 4.98 Å². The smallest absolute Gasteiger partial charge is 0.170 e. The maximum absolute atomic E-state index is 5.56. The molecule has 1 aromatic carbocycles. The minimum absolute atomic E-state index is 0.0611. The minimum atomic E-state index is 0.0611. The van der Waals surface area contributed by atoms with Crippen molar-refractivity contribution in [3.8, 4) is 0 Å². The first-order valence-electron chi connectivity index (χ1n) is 10.1. The van der Waals surface area contributed by atoms with E-state index in [1.54, 1.807) is 11.3 Å². The Morgan fingerprint density at radius 2 is 1.93 bits per heavy atom. The van der Waals surface area contributed by atoms with E-state index < -0.39 is 0 Å². The number of hydrogen-bond donors (Lipinski definition) is 2. The van der Waals surface area contributed by atoms with Gasteiger partial charge in [0.05, 0.1) is 26.6 Å². The predicted octanol–water partition coefficient (Wildman–Crippen LogP) is 4.43. The molecule has 7 heteroatoms. The third-order valence-corrected chi connectivity index (χ3v) is 6.63. The average Bonchev–Trinajstić information content (AvgIpc) is 3.05. The zero-order valence-corrected chi connectivity index (χ0v) is 19.4. The Bertz CT molecular complexity index is 816. The van der Waals surface area contributed by atoms with Gasteiger partial charge in [0, 0.05) is 31.6 Å². The summed E-state index contributed by atoms with van der Waals surface area (Å²) >= 11 is 7.35. The zero-order chi connectivity index (χ0) is 20.3. The number of fused-ring (bicyclic) bond motifs is 1. The summed E-state index contributed by atoms with van der Waals surface area (Å²) in [6, 6.07) is 4.48. The number of anilines is 2. The molecule has 0 atom stereocenters. The number of thiazole rings is 1. The van der Waals surface area contributed by atoms with Crippen molar-refractivity contribution in [1.29, 1.82) is 0 Å². The van der Waals surface area contributed by atoms with E-state index in [2.05, 4.69) is 67.4 Å². The highest BCUT2D eigenvalue weighted by Crippen LogP contribution is 2.38. The monoisotopic (exact) mass is 419 g/mol. The van der Waals surface area contributed by atoms with Crippen molar-refractivity contribution in [3.05, 3.63) is 17.1 Å². The minimum Gasteiger partial charge on any atom is -0.370 e. The molecular weight excluding hydrogens is 386 g/mol. The van der Waals surface area contributed by atoms with Crippen LogP contribution in [-0.4, -0.2) is 55.3 Å². The lowest BCUT2D eigenvalue weighted by atomic mass is 9.98. The molecule has 0 amide bonds. The molecule has 5 nitrogen and oxygen atoms in total. The molecular formula is C21H33N5S2. The Morgan fingerprint density at radius 3 is 2.57 bits per heavy atom. The molecule has 2 N–H and O–H groups in total. The lowest BCUT2D eigenvalue weighted by Gasteiger charge is -2.31. The number of likely N-dealkylation sites (N-methyl/N-ethyl adjacent to an activating group) is 1. The van der Waals surface area contributed by atoms with Gasteiger partial charge in [-0.1, -0.05) is 20.8 Å². The van der Waals surface area contributed by atoms with Gasteiger partial charge in [-0.3, -0.25) is 0 Å². The Labute approximate surface area is 178 Å². The highest BCUT2D eigenvalue weighted by Gasteiger charge is 2.22. The summed E-state index contributed by atoms with van der Waals surface area (Å²) in [6.45, 7) is 10.6. The SMILES string of the molecule is CN(C)CCNC(=S)Nc1cc2sc(C(C)(C)C)nc2cc1N1CCCCC1. The number of rotatable bonds is 5. The van der Waals surface area contributed by atoms with E-state index in [9.17, 15) is 0 Å². The summed E-state index contributed by atoms with van der Waals surface area (Å²) in [5.74, 6) is 0. The van der Waals surface area contributed by atoms with Crippen LogP contribution in [0.5, 0.6) is 0 Å².